The SMILES string of the molecule is COc1ccc(-n2c(SCC(=O)NC(=O)Cc3ccccc3)nc3ccccc3c2=O)cc1OC. The lowest BCUT2D eigenvalue weighted by atomic mass is 10.1. The van der Waals surface area contributed by atoms with E-state index in [1.807, 2.05) is 30.3 Å². The van der Waals surface area contributed by atoms with E-state index in [0.717, 1.165) is 17.3 Å². The third kappa shape index (κ3) is 5.52. The Morgan fingerprint density at radius 1 is 0.914 bits per heavy atom. The lowest BCUT2D eigenvalue weighted by molar-refractivity contribution is -0.128. The Balaban J connectivity index is 1.61. The number of aromatic nitrogens is 2. The quantitative estimate of drug-likeness (QED) is 0.299. The largest absolute Gasteiger partial charge is 0.493 e. The smallest absolute Gasteiger partial charge is 0.266 e. The maximum absolute atomic E-state index is 13.4. The highest BCUT2D eigenvalue weighted by Crippen LogP contribution is 2.30. The monoisotopic (exact) mass is 489 g/mol. The molecule has 0 radical (unpaired) electrons. The van der Waals surface area contributed by atoms with E-state index in [0.29, 0.717) is 33.2 Å². The van der Waals surface area contributed by atoms with Gasteiger partial charge in [0.25, 0.3) is 5.56 Å². The Morgan fingerprint density at radius 3 is 2.37 bits per heavy atom. The van der Waals surface area contributed by atoms with Gasteiger partial charge in [0.1, 0.15) is 0 Å². The minimum atomic E-state index is -0.475. The number of hydrogen-bond donors (Lipinski definition) is 1. The second kappa shape index (κ2) is 10.9. The summed E-state index contributed by atoms with van der Waals surface area (Å²) in [5, 5.41) is 3.14. The summed E-state index contributed by atoms with van der Waals surface area (Å²) >= 11 is 1.07. The van der Waals surface area contributed by atoms with E-state index in [2.05, 4.69) is 10.3 Å². The van der Waals surface area contributed by atoms with Gasteiger partial charge in [-0.3, -0.25) is 24.3 Å². The summed E-state index contributed by atoms with van der Waals surface area (Å²) in [6.45, 7) is 0. The molecule has 0 saturated heterocycles. The molecular formula is C26H23N3O5S. The molecule has 9 heteroatoms. The molecule has 1 heterocycles. The van der Waals surface area contributed by atoms with Crippen molar-refractivity contribution in [1.82, 2.24) is 14.9 Å². The standard InChI is InChI=1S/C26H23N3O5S/c1-33-21-13-12-18(15-22(21)34-2)29-25(32)19-10-6-7-11-20(19)27-26(29)35-16-24(31)28-23(30)14-17-8-4-3-5-9-17/h3-13,15H,14,16H2,1-2H3,(H,28,30,31). The van der Waals surface area contributed by atoms with Crippen LogP contribution in [0.4, 0.5) is 0 Å². The molecule has 0 aliphatic heterocycles. The van der Waals surface area contributed by atoms with Crippen LogP contribution in [0.2, 0.25) is 0 Å². The zero-order valence-corrected chi connectivity index (χ0v) is 20.0. The summed E-state index contributed by atoms with van der Waals surface area (Å²) in [5.74, 6) is -0.00457. The number of methoxy groups -OCH3 is 2. The molecule has 1 N–H and O–H groups in total. The minimum absolute atomic E-state index is 0.0986. The van der Waals surface area contributed by atoms with Gasteiger partial charge in [0.05, 0.1) is 43.0 Å². The lowest BCUT2D eigenvalue weighted by Gasteiger charge is -2.15. The third-order valence-corrected chi connectivity index (χ3v) is 6.13. The van der Waals surface area contributed by atoms with E-state index in [-0.39, 0.29) is 17.7 Å². The van der Waals surface area contributed by atoms with Crippen LogP contribution in [0.1, 0.15) is 5.56 Å². The van der Waals surface area contributed by atoms with Crippen molar-refractivity contribution >= 4 is 34.5 Å². The summed E-state index contributed by atoms with van der Waals surface area (Å²) in [7, 11) is 3.04. The average molecular weight is 490 g/mol. The van der Waals surface area contributed by atoms with Crippen molar-refractivity contribution in [3.63, 3.8) is 0 Å². The molecule has 0 saturated carbocycles. The first-order chi connectivity index (χ1) is 17.0. The topological polar surface area (TPSA) is 99.5 Å². The molecule has 4 aromatic rings. The number of rotatable bonds is 8. The predicted molar refractivity (Wildman–Crippen MR) is 134 cm³/mol. The zero-order valence-electron chi connectivity index (χ0n) is 19.2. The van der Waals surface area contributed by atoms with Gasteiger partial charge in [0, 0.05) is 6.07 Å². The van der Waals surface area contributed by atoms with Crippen molar-refractivity contribution in [3.8, 4) is 17.2 Å². The van der Waals surface area contributed by atoms with Crippen LogP contribution in [0.5, 0.6) is 11.5 Å². The first-order valence-electron chi connectivity index (χ1n) is 10.7. The van der Waals surface area contributed by atoms with E-state index in [1.54, 1.807) is 42.5 Å². The summed E-state index contributed by atoms with van der Waals surface area (Å²) in [5.41, 5.74) is 1.54. The number of amides is 2. The Bertz CT molecular complexity index is 1440. The van der Waals surface area contributed by atoms with Gasteiger partial charge in [-0.2, -0.15) is 0 Å². The zero-order chi connectivity index (χ0) is 24.8. The Labute approximate surface area is 205 Å². The van der Waals surface area contributed by atoms with Crippen LogP contribution in [-0.4, -0.2) is 41.3 Å². The predicted octanol–water partition coefficient (Wildman–Crippen LogP) is 3.38. The highest BCUT2D eigenvalue weighted by molar-refractivity contribution is 7.99. The van der Waals surface area contributed by atoms with Crippen LogP contribution in [0.25, 0.3) is 16.6 Å². The van der Waals surface area contributed by atoms with Gasteiger partial charge in [-0.15, -0.1) is 0 Å². The van der Waals surface area contributed by atoms with Gasteiger partial charge in [-0.25, -0.2) is 4.98 Å². The fourth-order valence-electron chi connectivity index (χ4n) is 3.55. The number of carbonyl (C=O) groups is 2. The number of para-hydroxylation sites is 1. The van der Waals surface area contributed by atoms with E-state index >= 15 is 0 Å². The number of thioether (sulfide) groups is 1. The molecule has 0 atom stereocenters. The summed E-state index contributed by atoms with van der Waals surface area (Å²) in [6, 6.07) is 21.2. The highest BCUT2D eigenvalue weighted by Gasteiger charge is 2.17. The van der Waals surface area contributed by atoms with Crippen LogP contribution < -0.4 is 20.3 Å². The molecule has 35 heavy (non-hydrogen) atoms. The lowest BCUT2D eigenvalue weighted by Crippen LogP contribution is -2.33. The number of hydrogen-bond acceptors (Lipinski definition) is 7. The molecule has 1 aromatic heterocycles. The Hall–Kier alpha value is -4.11. The minimum Gasteiger partial charge on any atom is -0.493 e. The van der Waals surface area contributed by atoms with Gasteiger partial charge in [0.2, 0.25) is 11.8 Å². The van der Waals surface area contributed by atoms with Crippen LogP contribution in [0.3, 0.4) is 0 Å². The molecule has 178 valence electrons. The summed E-state index contributed by atoms with van der Waals surface area (Å²) in [4.78, 5) is 42.8. The van der Waals surface area contributed by atoms with E-state index in [4.69, 9.17) is 9.47 Å². The van der Waals surface area contributed by atoms with Crippen LogP contribution in [0, 0.1) is 0 Å². The number of fused-ring (bicyclic) bond motifs is 1. The van der Waals surface area contributed by atoms with Crippen molar-refractivity contribution in [2.75, 3.05) is 20.0 Å². The molecule has 2 amide bonds. The summed E-state index contributed by atoms with van der Waals surface area (Å²) < 4.78 is 12.1. The third-order valence-electron chi connectivity index (χ3n) is 5.19. The first kappa shape index (κ1) is 24.0. The molecule has 0 unspecified atom stereocenters. The second-order valence-electron chi connectivity index (χ2n) is 7.51. The first-order valence-corrected chi connectivity index (χ1v) is 11.7. The molecule has 0 aliphatic carbocycles. The molecule has 0 fully saturated rings. The number of nitrogens with zero attached hydrogens (tertiary/aromatic N) is 2. The van der Waals surface area contributed by atoms with E-state index in [1.165, 1.54) is 18.8 Å². The molecular weight excluding hydrogens is 466 g/mol. The Kier molecular flexibility index (Phi) is 7.47. The van der Waals surface area contributed by atoms with E-state index < -0.39 is 11.8 Å². The van der Waals surface area contributed by atoms with Crippen LogP contribution >= 0.6 is 11.8 Å². The number of ether oxygens (including phenoxy) is 2. The molecule has 0 spiro atoms. The maximum atomic E-state index is 13.4. The summed E-state index contributed by atoms with van der Waals surface area (Å²) in [6.07, 6.45) is 0.0990. The Morgan fingerprint density at radius 2 is 1.63 bits per heavy atom. The van der Waals surface area contributed by atoms with Gasteiger partial charge in [-0.1, -0.05) is 54.2 Å². The van der Waals surface area contributed by atoms with E-state index in [9.17, 15) is 14.4 Å². The molecule has 0 bridgehead atoms. The van der Waals surface area contributed by atoms with Gasteiger partial charge in [0.15, 0.2) is 16.7 Å². The number of imide groups is 1. The molecule has 8 nitrogen and oxygen atoms in total. The second-order valence-corrected chi connectivity index (χ2v) is 8.46. The van der Waals surface area contributed by atoms with Gasteiger partial charge >= 0.3 is 0 Å². The number of carbonyl (C=O) groups excluding carboxylic acids is 2. The number of nitrogens with one attached hydrogen (secondary N) is 1. The van der Waals surface area contributed by atoms with Crippen molar-refractivity contribution in [1.29, 1.82) is 0 Å². The maximum Gasteiger partial charge on any atom is 0.266 e. The van der Waals surface area contributed by atoms with Crippen molar-refractivity contribution in [2.24, 2.45) is 0 Å². The van der Waals surface area contributed by atoms with Crippen molar-refractivity contribution in [3.05, 3.63) is 88.7 Å². The molecule has 0 aliphatic rings. The number of benzene rings is 3. The van der Waals surface area contributed by atoms with Gasteiger partial charge < -0.3 is 9.47 Å². The fraction of sp³-hybridized carbons (Fsp3) is 0.154. The molecule has 4 rings (SSSR count). The average Bonchev–Trinajstić information content (AvgIpc) is 2.87. The van der Waals surface area contributed by atoms with Crippen LogP contribution in [0.15, 0.2) is 82.7 Å². The highest BCUT2D eigenvalue weighted by atomic mass is 32.2. The van der Waals surface area contributed by atoms with Crippen molar-refractivity contribution < 1.29 is 19.1 Å². The normalized spacial score (nSPS) is 10.7. The molecule has 3 aromatic carbocycles. The van der Waals surface area contributed by atoms with Crippen LogP contribution in [-0.2, 0) is 16.0 Å². The fourth-order valence-corrected chi connectivity index (χ4v) is 4.36. The van der Waals surface area contributed by atoms with Gasteiger partial charge in [-0.05, 0) is 29.8 Å². The van der Waals surface area contributed by atoms with Crippen molar-refractivity contribution in [2.45, 2.75) is 11.6 Å².